The maximum Gasteiger partial charge on any atom is 0.314 e. The fraction of sp³-hybridized carbons (Fsp3) is 0.455. The van der Waals surface area contributed by atoms with Crippen molar-refractivity contribution in [3.05, 3.63) is 27.8 Å². The molecule has 0 aromatic heterocycles. The fourth-order valence-electron chi connectivity index (χ4n) is 1.54. The standard InChI is InChI=1S/C11H15NO5/c1-11(2,14)6-7-4-8(12(15)16)10(13)9(5-7)17-3/h4-5,13-14H,6H2,1-3H3. The van der Waals surface area contributed by atoms with Crippen molar-refractivity contribution in [2.24, 2.45) is 0 Å². The molecule has 0 radical (unpaired) electrons. The van der Waals surface area contributed by atoms with Gasteiger partial charge in [-0.3, -0.25) is 10.1 Å². The Morgan fingerprint density at radius 1 is 1.47 bits per heavy atom. The van der Waals surface area contributed by atoms with Gasteiger partial charge in [-0.25, -0.2) is 0 Å². The van der Waals surface area contributed by atoms with Crippen molar-refractivity contribution in [1.29, 1.82) is 0 Å². The van der Waals surface area contributed by atoms with Crippen LogP contribution in [0.25, 0.3) is 0 Å². The second-order valence-electron chi connectivity index (χ2n) is 4.41. The van der Waals surface area contributed by atoms with Crippen LogP contribution in [0.5, 0.6) is 11.5 Å². The van der Waals surface area contributed by atoms with Gasteiger partial charge in [0, 0.05) is 12.5 Å². The molecule has 0 amide bonds. The van der Waals surface area contributed by atoms with Gasteiger partial charge in [0.25, 0.3) is 0 Å². The van der Waals surface area contributed by atoms with Gasteiger partial charge in [-0.1, -0.05) is 0 Å². The van der Waals surface area contributed by atoms with Gasteiger partial charge in [0.1, 0.15) is 0 Å². The molecule has 0 saturated heterocycles. The van der Waals surface area contributed by atoms with E-state index in [4.69, 9.17) is 4.74 Å². The maximum absolute atomic E-state index is 10.7. The van der Waals surface area contributed by atoms with E-state index in [1.807, 2.05) is 0 Å². The Kier molecular flexibility index (Phi) is 3.57. The molecule has 1 rings (SSSR count). The van der Waals surface area contributed by atoms with E-state index in [1.165, 1.54) is 19.2 Å². The lowest BCUT2D eigenvalue weighted by atomic mass is 9.98. The first-order valence-corrected chi connectivity index (χ1v) is 5.01. The van der Waals surface area contributed by atoms with Crippen molar-refractivity contribution < 1.29 is 19.9 Å². The van der Waals surface area contributed by atoms with Crippen LogP contribution in [0, 0.1) is 10.1 Å². The second kappa shape index (κ2) is 4.58. The zero-order valence-corrected chi connectivity index (χ0v) is 9.93. The van der Waals surface area contributed by atoms with E-state index in [1.54, 1.807) is 13.8 Å². The predicted octanol–water partition coefficient (Wildman–Crippen LogP) is 1.62. The van der Waals surface area contributed by atoms with E-state index >= 15 is 0 Å². The molecule has 0 aliphatic heterocycles. The van der Waals surface area contributed by atoms with Crippen LogP contribution < -0.4 is 4.74 Å². The molecule has 1 aromatic carbocycles. The molecule has 0 heterocycles. The van der Waals surface area contributed by atoms with E-state index in [0.29, 0.717) is 5.56 Å². The van der Waals surface area contributed by atoms with Crippen molar-refractivity contribution in [1.82, 2.24) is 0 Å². The van der Waals surface area contributed by atoms with Gasteiger partial charge in [-0.05, 0) is 25.5 Å². The third-order valence-electron chi connectivity index (χ3n) is 2.17. The van der Waals surface area contributed by atoms with Gasteiger partial charge in [-0.15, -0.1) is 0 Å². The summed E-state index contributed by atoms with van der Waals surface area (Å²) in [6.45, 7) is 3.19. The summed E-state index contributed by atoms with van der Waals surface area (Å²) in [6, 6.07) is 2.70. The average Bonchev–Trinajstić information content (AvgIpc) is 2.17. The lowest BCUT2D eigenvalue weighted by molar-refractivity contribution is -0.386. The molecule has 0 bridgehead atoms. The number of hydrogen-bond donors (Lipinski definition) is 2. The summed E-state index contributed by atoms with van der Waals surface area (Å²) < 4.78 is 4.85. The number of phenols is 1. The number of ether oxygens (including phenoxy) is 1. The first-order chi connectivity index (χ1) is 7.74. The van der Waals surface area contributed by atoms with Crippen molar-refractivity contribution in [2.45, 2.75) is 25.9 Å². The van der Waals surface area contributed by atoms with Crippen LogP contribution in [0.2, 0.25) is 0 Å². The normalized spacial score (nSPS) is 11.3. The summed E-state index contributed by atoms with van der Waals surface area (Å²) in [5.74, 6) is -0.476. The van der Waals surface area contributed by atoms with Crippen LogP contribution in [-0.2, 0) is 6.42 Å². The summed E-state index contributed by atoms with van der Waals surface area (Å²) in [4.78, 5) is 10.0. The molecule has 0 spiro atoms. The quantitative estimate of drug-likeness (QED) is 0.617. The highest BCUT2D eigenvalue weighted by Crippen LogP contribution is 2.37. The minimum atomic E-state index is -0.990. The lowest BCUT2D eigenvalue weighted by Gasteiger charge is -2.17. The average molecular weight is 241 g/mol. The molecule has 0 fully saturated rings. The number of nitro benzene ring substituents is 1. The van der Waals surface area contributed by atoms with Gasteiger partial charge in [0.05, 0.1) is 17.6 Å². The first kappa shape index (κ1) is 13.2. The van der Waals surface area contributed by atoms with Gasteiger partial charge in [-0.2, -0.15) is 0 Å². The number of aliphatic hydroxyl groups is 1. The third kappa shape index (κ3) is 3.32. The van der Waals surface area contributed by atoms with Crippen molar-refractivity contribution in [2.75, 3.05) is 7.11 Å². The summed E-state index contributed by atoms with van der Waals surface area (Å²) in [6.07, 6.45) is 0.227. The molecule has 94 valence electrons. The summed E-state index contributed by atoms with van der Waals surface area (Å²) >= 11 is 0. The Hall–Kier alpha value is -1.82. The lowest BCUT2D eigenvalue weighted by Crippen LogP contribution is -2.21. The number of rotatable bonds is 4. The molecule has 0 aliphatic carbocycles. The molecular weight excluding hydrogens is 226 g/mol. The van der Waals surface area contributed by atoms with E-state index < -0.39 is 22.0 Å². The highest BCUT2D eigenvalue weighted by Gasteiger charge is 2.22. The molecule has 0 atom stereocenters. The van der Waals surface area contributed by atoms with Crippen LogP contribution in [0.15, 0.2) is 12.1 Å². The minimum Gasteiger partial charge on any atom is -0.500 e. The smallest absolute Gasteiger partial charge is 0.314 e. The zero-order valence-electron chi connectivity index (χ0n) is 9.93. The molecule has 0 aliphatic rings. The first-order valence-electron chi connectivity index (χ1n) is 5.01. The molecule has 6 heteroatoms. The van der Waals surface area contributed by atoms with Crippen molar-refractivity contribution in [3.63, 3.8) is 0 Å². The Morgan fingerprint density at radius 3 is 2.47 bits per heavy atom. The fourth-order valence-corrected chi connectivity index (χ4v) is 1.54. The van der Waals surface area contributed by atoms with Crippen LogP contribution in [-0.4, -0.2) is 27.8 Å². The molecule has 0 unspecified atom stereocenters. The zero-order chi connectivity index (χ0) is 13.2. The highest BCUT2D eigenvalue weighted by molar-refractivity contribution is 5.57. The summed E-state index contributed by atoms with van der Waals surface area (Å²) in [5, 5.41) is 29.9. The number of methoxy groups -OCH3 is 1. The largest absolute Gasteiger partial charge is 0.500 e. The monoisotopic (exact) mass is 241 g/mol. The predicted molar refractivity (Wildman–Crippen MR) is 61.3 cm³/mol. The summed E-state index contributed by atoms with van der Waals surface area (Å²) in [7, 11) is 1.31. The van der Waals surface area contributed by atoms with Crippen LogP contribution in [0.3, 0.4) is 0 Å². The van der Waals surface area contributed by atoms with E-state index in [-0.39, 0.29) is 12.2 Å². The Bertz CT molecular complexity index is 436. The van der Waals surface area contributed by atoms with Crippen LogP contribution in [0.4, 0.5) is 5.69 Å². The topological polar surface area (TPSA) is 92.8 Å². The number of benzene rings is 1. The summed E-state index contributed by atoms with van der Waals surface area (Å²) in [5.41, 5.74) is -0.891. The van der Waals surface area contributed by atoms with E-state index in [2.05, 4.69) is 0 Å². The minimum absolute atomic E-state index is 0.0263. The Morgan fingerprint density at radius 2 is 2.06 bits per heavy atom. The van der Waals surface area contributed by atoms with Crippen LogP contribution in [0.1, 0.15) is 19.4 Å². The molecule has 2 N–H and O–H groups in total. The van der Waals surface area contributed by atoms with Crippen LogP contribution >= 0.6 is 0 Å². The number of nitro groups is 1. The highest BCUT2D eigenvalue weighted by atomic mass is 16.6. The van der Waals surface area contributed by atoms with Crippen molar-refractivity contribution in [3.8, 4) is 11.5 Å². The van der Waals surface area contributed by atoms with E-state index in [0.717, 1.165) is 0 Å². The van der Waals surface area contributed by atoms with Gasteiger partial charge in [0.2, 0.25) is 5.75 Å². The number of hydrogen-bond acceptors (Lipinski definition) is 5. The number of nitrogens with zero attached hydrogens (tertiary/aromatic N) is 1. The molecule has 1 aromatic rings. The number of phenolic OH excluding ortho intramolecular Hbond substituents is 1. The second-order valence-corrected chi connectivity index (χ2v) is 4.41. The van der Waals surface area contributed by atoms with Gasteiger partial charge < -0.3 is 14.9 Å². The van der Waals surface area contributed by atoms with E-state index in [9.17, 15) is 20.3 Å². The van der Waals surface area contributed by atoms with Crippen molar-refractivity contribution >= 4 is 5.69 Å². The third-order valence-corrected chi connectivity index (χ3v) is 2.17. The molecule has 0 saturated carbocycles. The number of aromatic hydroxyl groups is 1. The Labute approximate surface area is 98.6 Å². The SMILES string of the molecule is COc1cc(CC(C)(C)O)cc([N+](=O)[O-])c1O. The van der Waals surface area contributed by atoms with Gasteiger partial charge >= 0.3 is 5.69 Å². The molecule has 17 heavy (non-hydrogen) atoms. The van der Waals surface area contributed by atoms with Gasteiger partial charge in [0.15, 0.2) is 5.75 Å². The molecular formula is C11H15NO5. The maximum atomic E-state index is 10.7. The Balaban J connectivity index is 3.25. The molecule has 6 nitrogen and oxygen atoms in total.